The summed E-state index contributed by atoms with van der Waals surface area (Å²) in [4.78, 5) is 20.6. The number of nitrogens with zero attached hydrogens (tertiary/aromatic N) is 2. The molecule has 1 aromatic heterocycles. The molecule has 1 amide bonds. The topological polar surface area (TPSA) is 58.9 Å². The van der Waals surface area contributed by atoms with Crippen molar-refractivity contribution >= 4 is 38.3 Å². The maximum atomic E-state index is 12.5. The Bertz CT molecular complexity index is 979. The highest BCUT2D eigenvalue weighted by molar-refractivity contribution is 7.22. The number of carbonyl (C=O) groups is 1. The largest absolute Gasteiger partial charge is 0.497 e. The Morgan fingerprint density at radius 2 is 2.07 bits per heavy atom. The number of nitrogens with one attached hydrogen (secondary N) is 2. The Hall–Kier alpha value is -2.64. The highest BCUT2D eigenvalue weighted by atomic mass is 32.1. The Labute approximate surface area is 168 Å². The maximum Gasteiger partial charge on any atom is 0.281 e. The predicted molar refractivity (Wildman–Crippen MR) is 114 cm³/mol. The van der Waals surface area contributed by atoms with Crippen LogP contribution in [-0.4, -0.2) is 50.7 Å². The van der Waals surface area contributed by atoms with Crippen LogP contribution in [0.3, 0.4) is 0 Å². The monoisotopic (exact) mass is 397 g/mol. The standard InChI is InChI=1S/C21H24N4O2S/c1-15-6-7-18-19(12-15)28-21(22-18)23-20(26)14-24-8-10-25(11-9-24)16-4-3-5-17(13-16)27-2/h3-7,12-13H,8-11,14H2,1-2H3,(H,22,23,26)/p+1. The fourth-order valence-corrected chi connectivity index (χ4v) is 4.52. The number of fused-ring (bicyclic) bond motifs is 1. The zero-order valence-electron chi connectivity index (χ0n) is 16.2. The quantitative estimate of drug-likeness (QED) is 0.691. The molecule has 1 aliphatic rings. The average molecular weight is 398 g/mol. The van der Waals surface area contributed by atoms with Crippen LogP contribution < -0.4 is 19.9 Å². The van der Waals surface area contributed by atoms with Crippen LogP contribution in [0.25, 0.3) is 10.2 Å². The van der Waals surface area contributed by atoms with Crippen molar-refractivity contribution in [2.45, 2.75) is 6.92 Å². The molecule has 146 valence electrons. The molecule has 0 aliphatic carbocycles. The minimum Gasteiger partial charge on any atom is -0.497 e. The molecule has 1 aliphatic heterocycles. The number of aryl methyl sites for hydroxylation is 1. The van der Waals surface area contributed by atoms with Gasteiger partial charge in [0.25, 0.3) is 5.91 Å². The molecule has 0 radical (unpaired) electrons. The van der Waals surface area contributed by atoms with Gasteiger partial charge in [-0.05, 0) is 36.8 Å². The van der Waals surface area contributed by atoms with Gasteiger partial charge in [0.05, 0.1) is 43.5 Å². The molecule has 4 rings (SSSR count). The first-order valence-corrected chi connectivity index (χ1v) is 10.3. The fourth-order valence-electron chi connectivity index (χ4n) is 3.54. The molecular weight excluding hydrogens is 372 g/mol. The lowest BCUT2D eigenvalue weighted by Crippen LogP contribution is -3.15. The lowest BCUT2D eigenvalue weighted by molar-refractivity contribution is -0.892. The van der Waals surface area contributed by atoms with E-state index in [1.807, 2.05) is 24.3 Å². The van der Waals surface area contributed by atoms with Gasteiger partial charge >= 0.3 is 0 Å². The van der Waals surface area contributed by atoms with Crippen molar-refractivity contribution in [2.24, 2.45) is 0 Å². The molecule has 7 heteroatoms. The predicted octanol–water partition coefficient (Wildman–Crippen LogP) is 1.96. The lowest BCUT2D eigenvalue weighted by Gasteiger charge is -2.33. The summed E-state index contributed by atoms with van der Waals surface area (Å²) in [7, 11) is 1.69. The maximum absolute atomic E-state index is 12.5. The molecule has 0 atom stereocenters. The van der Waals surface area contributed by atoms with E-state index < -0.39 is 0 Å². The van der Waals surface area contributed by atoms with E-state index in [4.69, 9.17) is 4.74 Å². The van der Waals surface area contributed by atoms with E-state index in [0.717, 1.165) is 42.1 Å². The summed E-state index contributed by atoms with van der Waals surface area (Å²) >= 11 is 1.53. The average Bonchev–Trinajstić information content (AvgIpc) is 3.09. The molecule has 0 unspecified atom stereocenters. The Kier molecular flexibility index (Phi) is 5.45. The minimum atomic E-state index is 0.0283. The zero-order chi connectivity index (χ0) is 19.5. The molecular formula is C21H25N4O2S+. The minimum absolute atomic E-state index is 0.0283. The van der Waals surface area contributed by atoms with Crippen molar-refractivity contribution in [1.82, 2.24) is 4.98 Å². The van der Waals surface area contributed by atoms with Crippen LogP contribution in [0.1, 0.15) is 5.56 Å². The van der Waals surface area contributed by atoms with Crippen molar-refractivity contribution in [2.75, 3.05) is 50.1 Å². The van der Waals surface area contributed by atoms with Crippen LogP contribution in [0.15, 0.2) is 42.5 Å². The Morgan fingerprint density at radius 1 is 1.25 bits per heavy atom. The molecule has 6 nitrogen and oxygen atoms in total. The molecule has 1 fully saturated rings. The number of ether oxygens (including phenoxy) is 1. The van der Waals surface area contributed by atoms with Crippen LogP contribution in [0.4, 0.5) is 10.8 Å². The van der Waals surface area contributed by atoms with Gasteiger partial charge in [-0.1, -0.05) is 23.5 Å². The van der Waals surface area contributed by atoms with Gasteiger partial charge < -0.3 is 14.5 Å². The van der Waals surface area contributed by atoms with Gasteiger partial charge in [-0.2, -0.15) is 0 Å². The third-order valence-electron chi connectivity index (χ3n) is 5.09. The number of hydrogen-bond acceptors (Lipinski definition) is 5. The number of amides is 1. The van der Waals surface area contributed by atoms with Crippen molar-refractivity contribution in [3.63, 3.8) is 0 Å². The van der Waals surface area contributed by atoms with Gasteiger partial charge in [-0.3, -0.25) is 10.1 Å². The number of thiazole rings is 1. The van der Waals surface area contributed by atoms with E-state index >= 15 is 0 Å². The van der Waals surface area contributed by atoms with E-state index in [2.05, 4.69) is 40.3 Å². The number of quaternary nitrogens is 1. The molecule has 3 aromatic rings. The molecule has 0 spiro atoms. The van der Waals surface area contributed by atoms with Gasteiger partial charge in [-0.15, -0.1) is 0 Å². The number of anilines is 2. The van der Waals surface area contributed by atoms with E-state index in [1.165, 1.54) is 27.5 Å². The van der Waals surface area contributed by atoms with Crippen LogP contribution in [-0.2, 0) is 4.79 Å². The number of benzene rings is 2. The second-order valence-electron chi connectivity index (χ2n) is 7.15. The van der Waals surface area contributed by atoms with Gasteiger partial charge in [0.15, 0.2) is 11.7 Å². The van der Waals surface area contributed by atoms with E-state index in [-0.39, 0.29) is 5.91 Å². The van der Waals surface area contributed by atoms with Crippen molar-refractivity contribution < 1.29 is 14.4 Å². The number of methoxy groups -OCH3 is 1. The summed E-state index contributed by atoms with van der Waals surface area (Å²) < 4.78 is 6.42. The van der Waals surface area contributed by atoms with E-state index in [0.29, 0.717) is 11.7 Å². The molecule has 1 saturated heterocycles. The molecule has 2 N–H and O–H groups in total. The first-order valence-electron chi connectivity index (χ1n) is 9.50. The first kappa shape index (κ1) is 18.7. The normalized spacial score (nSPS) is 15.0. The van der Waals surface area contributed by atoms with E-state index in [9.17, 15) is 4.79 Å². The highest BCUT2D eigenvalue weighted by Crippen LogP contribution is 2.26. The van der Waals surface area contributed by atoms with Crippen LogP contribution in [0.2, 0.25) is 0 Å². The lowest BCUT2D eigenvalue weighted by atomic mass is 10.2. The Morgan fingerprint density at radius 3 is 2.86 bits per heavy atom. The van der Waals surface area contributed by atoms with Gasteiger partial charge in [0, 0.05) is 11.8 Å². The third kappa shape index (κ3) is 4.26. The molecule has 2 aromatic carbocycles. The summed E-state index contributed by atoms with van der Waals surface area (Å²) in [5, 5.41) is 3.65. The molecule has 0 bridgehead atoms. The summed E-state index contributed by atoms with van der Waals surface area (Å²) in [6.45, 7) is 6.26. The third-order valence-corrected chi connectivity index (χ3v) is 6.02. The summed E-state index contributed by atoms with van der Waals surface area (Å²) in [6, 6.07) is 14.3. The summed E-state index contributed by atoms with van der Waals surface area (Å²) in [6.07, 6.45) is 0. The van der Waals surface area contributed by atoms with Gasteiger partial charge in [0.1, 0.15) is 5.75 Å². The van der Waals surface area contributed by atoms with Crippen LogP contribution >= 0.6 is 11.3 Å². The van der Waals surface area contributed by atoms with Gasteiger partial charge in [0.2, 0.25) is 0 Å². The summed E-state index contributed by atoms with van der Waals surface area (Å²) in [5.41, 5.74) is 3.31. The summed E-state index contributed by atoms with van der Waals surface area (Å²) in [5.74, 6) is 0.901. The van der Waals surface area contributed by atoms with Crippen molar-refractivity contribution in [3.8, 4) is 5.75 Å². The van der Waals surface area contributed by atoms with Crippen molar-refractivity contribution in [3.05, 3.63) is 48.0 Å². The van der Waals surface area contributed by atoms with Crippen LogP contribution in [0.5, 0.6) is 5.75 Å². The number of carbonyl (C=O) groups excluding carboxylic acids is 1. The zero-order valence-corrected chi connectivity index (χ0v) is 17.0. The molecule has 28 heavy (non-hydrogen) atoms. The number of rotatable bonds is 5. The smallest absolute Gasteiger partial charge is 0.281 e. The Balaban J connectivity index is 1.30. The first-order chi connectivity index (χ1) is 13.6. The molecule has 2 heterocycles. The van der Waals surface area contributed by atoms with Crippen molar-refractivity contribution in [1.29, 1.82) is 0 Å². The number of piperazine rings is 1. The fraction of sp³-hybridized carbons (Fsp3) is 0.333. The molecule has 0 saturated carbocycles. The van der Waals surface area contributed by atoms with Crippen LogP contribution in [0, 0.1) is 6.92 Å². The number of aromatic nitrogens is 1. The highest BCUT2D eigenvalue weighted by Gasteiger charge is 2.23. The number of hydrogen-bond donors (Lipinski definition) is 2. The second kappa shape index (κ2) is 8.16. The second-order valence-corrected chi connectivity index (χ2v) is 8.18. The van der Waals surface area contributed by atoms with E-state index in [1.54, 1.807) is 7.11 Å². The SMILES string of the molecule is COc1cccc(N2CC[NH+](CC(=O)Nc3nc4ccc(C)cc4s3)CC2)c1. The van der Waals surface area contributed by atoms with Gasteiger partial charge in [-0.25, -0.2) is 4.98 Å².